The highest BCUT2D eigenvalue weighted by Crippen LogP contribution is 2.28. The third-order valence-corrected chi connectivity index (χ3v) is 4.37. The number of aryl methyl sites for hydroxylation is 1. The van der Waals surface area contributed by atoms with Crippen LogP contribution in [0.15, 0.2) is 16.5 Å². The second-order valence-electron chi connectivity index (χ2n) is 4.87. The van der Waals surface area contributed by atoms with E-state index in [0.29, 0.717) is 4.88 Å². The zero-order chi connectivity index (χ0) is 15.6. The van der Waals surface area contributed by atoms with E-state index in [4.69, 9.17) is 10.2 Å². The first-order valence-corrected chi connectivity index (χ1v) is 7.58. The van der Waals surface area contributed by atoms with Crippen LogP contribution in [0, 0.1) is 6.92 Å². The molecule has 0 radical (unpaired) electrons. The van der Waals surface area contributed by atoms with Crippen molar-refractivity contribution in [1.29, 1.82) is 0 Å². The van der Waals surface area contributed by atoms with Gasteiger partial charge >= 0.3 is 0 Å². The van der Waals surface area contributed by atoms with Gasteiger partial charge in [-0.15, -0.1) is 0 Å². The molecule has 0 aromatic carbocycles. The van der Waals surface area contributed by atoms with Crippen molar-refractivity contribution in [2.45, 2.75) is 26.8 Å². The van der Waals surface area contributed by atoms with E-state index in [1.54, 1.807) is 0 Å². The first-order valence-electron chi connectivity index (χ1n) is 6.77. The number of carbonyl (C=O) groups excluding carboxylic acids is 1. The normalized spacial score (nSPS) is 12.2. The Morgan fingerprint density at radius 2 is 2.29 bits per heavy atom. The molecule has 0 saturated carbocycles. The lowest BCUT2D eigenvalue weighted by Gasteiger charge is -2.11. The van der Waals surface area contributed by atoms with Crippen LogP contribution >= 0.6 is 11.3 Å². The van der Waals surface area contributed by atoms with Gasteiger partial charge in [-0.1, -0.05) is 11.3 Å². The van der Waals surface area contributed by atoms with Crippen molar-refractivity contribution in [3.63, 3.8) is 0 Å². The van der Waals surface area contributed by atoms with Crippen LogP contribution in [-0.4, -0.2) is 24.5 Å². The Morgan fingerprint density at radius 3 is 2.86 bits per heavy atom. The summed E-state index contributed by atoms with van der Waals surface area (Å²) in [7, 11) is 1.91. The van der Waals surface area contributed by atoms with Crippen molar-refractivity contribution < 1.29 is 9.21 Å². The molecule has 2 aromatic heterocycles. The van der Waals surface area contributed by atoms with Gasteiger partial charge in [-0.05, 0) is 32.9 Å². The molecule has 0 fully saturated rings. The summed E-state index contributed by atoms with van der Waals surface area (Å²) in [6.07, 6.45) is 0. The number of amides is 1. The lowest BCUT2D eigenvalue weighted by Crippen LogP contribution is -2.26. The quantitative estimate of drug-likeness (QED) is 0.887. The van der Waals surface area contributed by atoms with Crippen molar-refractivity contribution in [3.8, 4) is 0 Å². The number of furan rings is 1. The summed E-state index contributed by atoms with van der Waals surface area (Å²) < 4.78 is 5.51. The summed E-state index contributed by atoms with van der Waals surface area (Å²) >= 11 is 1.29. The smallest absolute Gasteiger partial charge is 0.265 e. The van der Waals surface area contributed by atoms with Crippen LogP contribution in [0.5, 0.6) is 0 Å². The maximum Gasteiger partial charge on any atom is 0.265 e. The van der Waals surface area contributed by atoms with Gasteiger partial charge in [-0.2, -0.15) is 0 Å². The highest BCUT2D eigenvalue weighted by Gasteiger charge is 2.20. The van der Waals surface area contributed by atoms with Crippen LogP contribution in [0.4, 0.5) is 10.9 Å². The molecule has 6 nitrogen and oxygen atoms in total. The van der Waals surface area contributed by atoms with Gasteiger partial charge in [-0.25, -0.2) is 4.98 Å². The van der Waals surface area contributed by atoms with Crippen LogP contribution in [-0.2, 0) is 0 Å². The number of carbonyl (C=O) groups is 1. The lowest BCUT2D eigenvalue weighted by molar-refractivity contribution is 0.0940. The topological polar surface area (TPSA) is 84.4 Å². The van der Waals surface area contributed by atoms with Gasteiger partial charge in [0.1, 0.15) is 22.2 Å². The second kappa shape index (κ2) is 6.17. The Morgan fingerprint density at radius 1 is 1.57 bits per heavy atom. The first kappa shape index (κ1) is 15.4. The Bertz CT molecular complexity index is 635. The van der Waals surface area contributed by atoms with Gasteiger partial charge in [0.25, 0.3) is 5.91 Å². The molecule has 2 aromatic rings. The zero-order valence-corrected chi connectivity index (χ0v) is 13.5. The minimum absolute atomic E-state index is 0.222. The first-order chi connectivity index (χ1) is 9.92. The Kier molecular flexibility index (Phi) is 4.52. The zero-order valence-electron chi connectivity index (χ0n) is 12.6. The van der Waals surface area contributed by atoms with E-state index in [1.807, 2.05) is 44.9 Å². The average Bonchev–Trinajstić information content (AvgIpc) is 3.04. The molecule has 0 aliphatic carbocycles. The molecule has 2 rings (SSSR count). The Hall–Kier alpha value is -2.02. The van der Waals surface area contributed by atoms with Crippen molar-refractivity contribution in [3.05, 3.63) is 28.5 Å². The van der Waals surface area contributed by atoms with E-state index in [2.05, 4.69) is 10.3 Å². The monoisotopic (exact) mass is 308 g/mol. The minimum Gasteiger partial charge on any atom is -0.464 e. The molecule has 114 valence electrons. The van der Waals surface area contributed by atoms with Crippen LogP contribution in [0.2, 0.25) is 0 Å². The number of nitrogens with one attached hydrogen (secondary N) is 1. The fraction of sp³-hybridized carbons (Fsp3) is 0.429. The molecule has 7 heteroatoms. The molecule has 3 N–H and O–H groups in total. The van der Waals surface area contributed by atoms with Crippen molar-refractivity contribution in [2.24, 2.45) is 0 Å². The summed E-state index contributed by atoms with van der Waals surface area (Å²) in [5.74, 6) is 1.56. The largest absolute Gasteiger partial charge is 0.464 e. The standard InChI is InChI=1S/C14H20N4O2S/c1-5-18(4)14-17-12(15)11(21-14)13(19)16-9(3)10-7-6-8(2)20-10/h6-7,9H,5,15H2,1-4H3,(H,16,19). The number of aromatic nitrogens is 1. The highest BCUT2D eigenvalue weighted by molar-refractivity contribution is 7.18. The molecule has 21 heavy (non-hydrogen) atoms. The number of nitrogens with two attached hydrogens (primary N) is 1. The molecular formula is C14H20N4O2S. The summed E-state index contributed by atoms with van der Waals surface area (Å²) in [6.45, 7) is 6.55. The van der Waals surface area contributed by atoms with Crippen molar-refractivity contribution in [1.82, 2.24) is 10.3 Å². The summed E-state index contributed by atoms with van der Waals surface area (Å²) in [5, 5.41) is 3.61. The van der Waals surface area contributed by atoms with Crippen LogP contribution < -0.4 is 16.0 Å². The van der Waals surface area contributed by atoms with E-state index in [-0.39, 0.29) is 17.8 Å². The second-order valence-corrected chi connectivity index (χ2v) is 5.85. The van der Waals surface area contributed by atoms with Gasteiger partial charge in [0, 0.05) is 13.6 Å². The van der Waals surface area contributed by atoms with Gasteiger partial charge < -0.3 is 20.4 Å². The van der Waals surface area contributed by atoms with Crippen LogP contribution in [0.1, 0.15) is 41.1 Å². The van der Waals surface area contributed by atoms with Crippen molar-refractivity contribution in [2.75, 3.05) is 24.2 Å². The fourth-order valence-corrected chi connectivity index (χ4v) is 2.71. The number of hydrogen-bond acceptors (Lipinski definition) is 6. The molecule has 1 amide bonds. The number of nitrogen functional groups attached to an aromatic ring is 1. The lowest BCUT2D eigenvalue weighted by atomic mass is 10.2. The van der Waals surface area contributed by atoms with E-state index in [9.17, 15) is 4.79 Å². The van der Waals surface area contributed by atoms with Crippen LogP contribution in [0.3, 0.4) is 0 Å². The Labute approximate surface area is 128 Å². The molecule has 0 aliphatic heterocycles. The number of nitrogens with zero attached hydrogens (tertiary/aromatic N) is 2. The highest BCUT2D eigenvalue weighted by atomic mass is 32.1. The SMILES string of the molecule is CCN(C)c1nc(N)c(C(=O)NC(C)c2ccc(C)o2)s1. The minimum atomic E-state index is -0.234. The van der Waals surface area contributed by atoms with Gasteiger partial charge in [0.2, 0.25) is 0 Å². The molecule has 1 atom stereocenters. The number of anilines is 2. The molecule has 0 spiro atoms. The van der Waals surface area contributed by atoms with E-state index in [1.165, 1.54) is 11.3 Å². The van der Waals surface area contributed by atoms with Gasteiger partial charge in [0.05, 0.1) is 6.04 Å². The number of thiazole rings is 1. The molecule has 0 saturated heterocycles. The van der Waals surface area contributed by atoms with Crippen LogP contribution in [0.25, 0.3) is 0 Å². The Balaban J connectivity index is 2.11. The predicted molar refractivity (Wildman–Crippen MR) is 84.8 cm³/mol. The third kappa shape index (κ3) is 3.36. The summed E-state index contributed by atoms with van der Waals surface area (Å²) in [4.78, 5) is 18.9. The summed E-state index contributed by atoms with van der Waals surface area (Å²) in [6, 6.07) is 3.50. The van der Waals surface area contributed by atoms with Gasteiger partial charge in [0.15, 0.2) is 5.13 Å². The average molecular weight is 308 g/mol. The molecular weight excluding hydrogens is 288 g/mol. The number of rotatable bonds is 5. The molecule has 1 unspecified atom stereocenters. The molecule has 0 bridgehead atoms. The number of hydrogen-bond donors (Lipinski definition) is 2. The van der Waals surface area contributed by atoms with Gasteiger partial charge in [-0.3, -0.25) is 4.79 Å². The van der Waals surface area contributed by atoms with E-state index >= 15 is 0 Å². The predicted octanol–water partition coefficient (Wildman–Crippen LogP) is 2.57. The maximum absolute atomic E-state index is 12.3. The maximum atomic E-state index is 12.3. The van der Waals surface area contributed by atoms with Crippen molar-refractivity contribution >= 4 is 28.2 Å². The third-order valence-electron chi connectivity index (χ3n) is 3.18. The fourth-order valence-electron chi connectivity index (χ4n) is 1.80. The molecule has 2 heterocycles. The van der Waals surface area contributed by atoms with E-state index in [0.717, 1.165) is 23.2 Å². The van der Waals surface area contributed by atoms with E-state index < -0.39 is 0 Å². The molecule has 0 aliphatic rings. The summed E-state index contributed by atoms with van der Waals surface area (Å²) in [5.41, 5.74) is 5.84.